The lowest BCUT2D eigenvalue weighted by Gasteiger charge is -2.30. The third kappa shape index (κ3) is 9.07. The van der Waals surface area contributed by atoms with E-state index in [0.717, 1.165) is 11.1 Å². The third-order valence-electron chi connectivity index (χ3n) is 7.49. The van der Waals surface area contributed by atoms with Crippen molar-refractivity contribution in [2.24, 2.45) is 5.92 Å². The van der Waals surface area contributed by atoms with Gasteiger partial charge in [-0.1, -0.05) is 26.3 Å². The molecule has 238 valence electrons. The molecule has 2 heterocycles. The molecule has 0 aliphatic carbocycles. The topological polar surface area (TPSA) is 147 Å². The van der Waals surface area contributed by atoms with Crippen LogP contribution < -0.4 is 20.5 Å². The lowest BCUT2D eigenvalue weighted by Crippen LogP contribution is -2.43. The van der Waals surface area contributed by atoms with Gasteiger partial charge in [-0.3, -0.25) is 4.98 Å². The molecule has 0 saturated carbocycles. The Balaban J connectivity index is 1.35. The van der Waals surface area contributed by atoms with Crippen molar-refractivity contribution in [3.8, 4) is 11.5 Å². The van der Waals surface area contributed by atoms with Gasteiger partial charge in [-0.25, -0.2) is 13.2 Å². The number of nitrogen functional groups attached to an aromatic ring is 1. The molecule has 4 rings (SSSR count). The molecule has 0 radical (unpaired) electrons. The van der Waals surface area contributed by atoms with Gasteiger partial charge in [0.2, 0.25) is 16.8 Å². The summed E-state index contributed by atoms with van der Waals surface area (Å²) in [6, 6.07) is 14.7. The van der Waals surface area contributed by atoms with E-state index in [9.17, 15) is 18.3 Å². The van der Waals surface area contributed by atoms with Crippen molar-refractivity contribution in [1.82, 2.24) is 19.5 Å². The molecule has 1 unspecified atom stereocenters. The fourth-order valence-corrected chi connectivity index (χ4v) is 6.63. The summed E-state index contributed by atoms with van der Waals surface area (Å²) in [5, 5.41) is 13.3. The quantitative estimate of drug-likeness (QED) is 0.157. The second-order valence-electron chi connectivity index (χ2n) is 11.3. The van der Waals surface area contributed by atoms with Crippen molar-refractivity contribution < 1.29 is 27.8 Å². The Morgan fingerprint density at radius 1 is 0.977 bits per heavy atom. The molecule has 44 heavy (non-hydrogen) atoms. The Hall–Kier alpha value is -3.87. The largest absolute Gasteiger partial charge is 0.454 e. The Labute approximate surface area is 260 Å². The highest BCUT2D eigenvalue weighted by molar-refractivity contribution is 7.89. The molecule has 0 saturated heterocycles. The molecule has 12 heteroatoms. The number of sulfonamides is 1. The zero-order valence-electron chi connectivity index (χ0n) is 25.4. The number of aliphatic hydroxyl groups is 1. The van der Waals surface area contributed by atoms with Crippen LogP contribution in [-0.4, -0.2) is 66.3 Å². The Bertz CT molecular complexity index is 1450. The molecule has 1 aliphatic heterocycles. The van der Waals surface area contributed by atoms with Crippen molar-refractivity contribution in [2.45, 2.75) is 63.6 Å². The minimum Gasteiger partial charge on any atom is -0.454 e. The Morgan fingerprint density at radius 3 is 2.39 bits per heavy atom. The SMILES string of the molecule is CC(C)CCN(C(CO)CCCCNC(=O)N(Cc1ccncc1)Cc1ccc2c(c1)OCO2)S(=O)(=O)c1ccc(N)cc1. The molecule has 0 bridgehead atoms. The monoisotopic (exact) mass is 625 g/mol. The van der Waals surface area contributed by atoms with E-state index in [-0.39, 0.29) is 24.3 Å². The fourth-order valence-electron chi connectivity index (χ4n) is 4.97. The highest BCUT2D eigenvalue weighted by atomic mass is 32.2. The second kappa shape index (κ2) is 15.7. The number of nitrogens with two attached hydrogens (primary N) is 1. The van der Waals surface area contributed by atoms with Crippen LogP contribution in [0.2, 0.25) is 0 Å². The molecule has 1 aromatic heterocycles. The first kappa shape index (κ1) is 33.0. The number of hydrogen-bond donors (Lipinski definition) is 3. The molecule has 2 aromatic carbocycles. The first-order chi connectivity index (χ1) is 21.2. The zero-order valence-corrected chi connectivity index (χ0v) is 26.2. The van der Waals surface area contributed by atoms with Crippen LogP contribution in [0.4, 0.5) is 10.5 Å². The van der Waals surface area contributed by atoms with E-state index < -0.39 is 16.1 Å². The van der Waals surface area contributed by atoms with Crippen molar-refractivity contribution in [3.63, 3.8) is 0 Å². The van der Waals surface area contributed by atoms with Gasteiger partial charge in [0.25, 0.3) is 0 Å². The van der Waals surface area contributed by atoms with Gasteiger partial charge < -0.3 is 30.5 Å². The van der Waals surface area contributed by atoms with Gasteiger partial charge in [0, 0.05) is 50.3 Å². The molecule has 0 fully saturated rings. The van der Waals surface area contributed by atoms with Gasteiger partial charge in [-0.05, 0) is 84.8 Å². The van der Waals surface area contributed by atoms with E-state index in [1.54, 1.807) is 29.4 Å². The number of carbonyl (C=O) groups is 1. The lowest BCUT2D eigenvalue weighted by molar-refractivity contribution is 0.172. The predicted octanol–water partition coefficient (Wildman–Crippen LogP) is 4.37. The Morgan fingerprint density at radius 2 is 1.68 bits per heavy atom. The van der Waals surface area contributed by atoms with Gasteiger partial charge >= 0.3 is 6.03 Å². The second-order valence-corrected chi connectivity index (χ2v) is 13.2. The summed E-state index contributed by atoms with van der Waals surface area (Å²) in [4.78, 5) is 19.3. The van der Waals surface area contributed by atoms with Crippen LogP contribution in [-0.2, 0) is 23.1 Å². The number of nitrogens with zero attached hydrogens (tertiary/aromatic N) is 3. The summed E-state index contributed by atoms with van der Waals surface area (Å²) in [5.41, 5.74) is 8.11. The highest BCUT2D eigenvalue weighted by Crippen LogP contribution is 2.33. The Kier molecular flexibility index (Phi) is 11.8. The average molecular weight is 626 g/mol. The number of ether oxygens (including phenoxy) is 2. The smallest absolute Gasteiger partial charge is 0.318 e. The molecule has 4 N–H and O–H groups in total. The first-order valence-electron chi connectivity index (χ1n) is 15.0. The molecular weight excluding hydrogens is 582 g/mol. The number of fused-ring (bicyclic) bond motifs is 1. The van der Waals surface area contributed by atoms with Crippen LogP contribution in [0.3, 0.4) is 0 Å². The minimum atomic E-state index is -3.84. The van der Waals surface area contributed by atoms with Gasteiger partial charge in [0.05, 0.1) is 11.5 Å². The van der Waals surface area contributed by atoms with Gasteiger partial charge in [-0.15, -0.1) is 0 Å². The van der Waals surface area contributed by atoms with E-state index in [1.807, 2.05) is 44.2 Å². The first-order valence-corrected chi connectivity index (χ1v) is 16.4. The number of anilines is 1. The molecule has 1 atom stereocenters. The van der Waals surface area contributed by atoms with Crippen LogP contribution in [0.5, 0.6) is 11.5 Å². The van der Waals surface area contributed by atoms with Crippen LogP contribution >= 0.6 is 0 Å². The van der Waals surface area contributed by atoms with Gasteiger partial charge in [-0.2, -0.15) is 4.31 Å². The summed E-state index contributed by atoms with van der Waals surface area (Å²) in [6.07, 6.45) is 5.75. The fraction of sp³-hybridized carbons (Fsp3) is 0.438. The molecule has 1 aliphatic rings. The summed E-state index contributed by atoms with van der Waals surface area (Å²) < 4.78 is 39.5. The van der Waals surface area contributed by atoms with Crippen LogP contribution in [0, 0.1) is 5.92 Å². The maximum absolute atomic E-state index is 13.6. The summed E-state index contributed by atoms with van der Waals surface area (Å²) >= 11 is 0. The van der Waals surface area contributed by atoms with Gasteiger partial charge in [0.1, 0.15) is 0 Å². The third-order valence-corrected chi connectivity index (χ3v) is 9.46. The van der Waals surface area contributed by atoms with E-state index in [0.29, 0.717) is 75.0 Å². The molecule has 2 amide bonds. The van der Waals surface area contributed by atoms with Crippen molar-refractivity contribution >= 4 is 21.7 Å². The molecule has 11 nitrogen and oxygen atoms in total. The van der Waals surface area contributed by atoms with E-state index in [2.05, 4.69) is 10.3 Å². The maximum atomic E-state index is 13.6. The normalized spacial score (nSPS) is 13.3. The lowest BCUT2D eigenvalue weighted by atomic mass is 10.1. The standard InChI is InChI=1S/C32H43N5O6S/c1-24(2)14-18-37(44(40,41)29-9-7-27(33)8-10-29)28(22-38)5-3-4-15-35-32(39)36(20-25-12-16-34-17-13-25)21-26-6-11-30-31(19-26)43-23-42-30/h6-13,16-17,19,24,28,38H,3-5,14-15,18,20-23,33H2,1-2H3,(H,35,39). The molecule has 3 aromatic rings. The number of rotatable bonds is 16. The van der Waals surface area contributed by atoms with Crippen molar-refractivity contribution in [2.75, 3.05) is 32.2 Å². The van der Waals surface area contributed by atoms with E-state index in [1.165, 1.54) is 16.4 Å². The number of aliphatic hydroxyl groups excluding tert-OH is 1. The summed E-state index contributed by atoms with van der Waals surface area (Å²) in [5.74, 6) is 1.64. The van der Waals surface area contributed by atoms with Crippen LogP contribution in [0.1, 0.15) is 50.7 Å². The summed E-state index contributed by atoms with van der Waals surface area (Å²) in [6.45, 7) is 5.42. The van der Waals surface area contributed by atoms with Crippen LogP contribution in [0.15, 0.2) is 71.9 Å². The van der Waals surface area contributed by atoms with Gasteiger partial charge in [0.15, 0.2) is 11.5 Å². The zero-order chi connectivity index (χ0) is 31.5. The number of hydrogen-bond acceptors (Lipinski definition) is 8. The molecular formula is C32H43N5O6S. The molecule has 0 spiro atoms. The van der Waals surface area contributed by atoms with Crippen molar-refractivity contribution in [1.29, 1.82) is 0 Å². The number of carbonyl (C=O) groups excluding carboxylic acids is 1. The number of pyridine rings is 1. The number of amides is 2. The van der Waals surface area contributed by atoms with E-state index >= 15 is 0 Å². The number of urea groups is 1. The maximum Gasteiger partial charge on any atom is 0.318 e. The van der Waals surface area contributed by atoms with E-state index in [4.69, 9.17) is 15.2 Å². The number of unbranched alkanes of at least 4 members (excludes halogenated alkanes) is 1. The number of aromatic nitrogens is 1. The van der Waals surface area contributed by atoms with Crippen LogP contribution in [0.25, 0.3) is 0 Å². The number of benzene rings is 2. The highest BCUT2D eigenvalue weighted by Gasteiger charge is 2.31. The summed E-state index contributed by atoms with van der Waals surface area (Å²) in [7, 11) is -3.84. The predicted molar refractivity (Wildman–Crippen MR) is 168 cm³/mol. The number of nitrogens with one attached hydrogen (secondary N) is 1. The average Bonchev–Trinajstić information content (AvgIpc) is 3.48. The minimum absolute atomic E-state index is 0.151. The van der Waals surface area contributed by atoms with Crippen molar-refractivity contribution in [3.05, 3.63) is 78.1 Å².